The van der Waals surface area contributed by atoms with E-state index in [4.69, 9.17) is 4.74 Å². The summed E-state index contributed by atoms with van der Waals surface area (Å²) < 4.78 is 46.7. The second-order valence-electron chi connectivity index (χ2n) is 5.15. The topological polar surface area (TPSA) is 50.8 Å². The Hall–Kier alpha value is -2.90. The van der Waals surface area contributed by atoms with Gasteiger partial charge in [0, 0.05) is 19.7 Å². The molecule has 0 spiro atoms. The van der Waals surface area contributed by atoms with Gasteiger partial charge in [-0.05, 0) is 29.8 Å². The molecule has 2 aromatic carbocycles. The van der Waals surface area contributed by atoms with Gasteiger partial charge in [0.05, 0.1) is 12.8 Å². The molecule has 0 heterocycles. The van der Waals surface area contributed by atoms with Crippen molar-refractivity contribution in [3.63, 3.8) is 0 Å². The quantitative estimate of drug-likeness (QED) is 0.850. The van der Waals surface area contributed by atoms with Crippen molar-refractivity contribution in [3.05, 3.63) is 53.8 Å². The molecule has 0 saturated heterocycles. The molecule has 8 heteroatoms. The van der Waals surface area contributed by atoms with Gasteiger partial charge in [-0.3, -0.25) is 0 Å². The van der Waals surface area contributed by atoms with Crippen molar-refractivity contribution >= 4 is 11.7 Å². The summed E-state index contributed by atoms with van der Waals surface area (Å²) in [6.07, 6.45) is 0. The Balaban J connectivity index is 1.98. The van der Waals surface area contributed by atoms with Gasteiger partial charge in [-0.2, -0.15) is 8.78 Å². The summed E-state index contributed by atoms with van der Waals surface area (Å²) in [5.41, 5.74) is 1.06. The number of anilines is 1. The Bertz CT molecular complexity index is 724. The fourth-order valence-corrected chi connectivity index (χ4v) is 2.10. The summed E-state index contributed by atoms with van der Waals surface area (Å²) in [5, 5.41) is 2.62. The maximum Gasteiger partial charge on any atom is 0.387 e. The number of rotatable bonds is 6. The van der Waals surface area contributed by atoms with E-state index in [2.05, 4.69) is 10.1 Å². The van der Waals surface area contributed by atoms with Gasteiger partial charge in [0.15, 0.2) is 0 Å². The fraction of sp³-hybridized carbons (Fsp3) is 0.235. The number of benzene rings is 2. The van der Waals surface area contributed by atoms with Gasteiger partial charge in [-0.1, -0.05) is 12.1 Å². The van der Waals surface area contributed by atoms with Crippen LogP contribution in [0.4, 0.5) is 23.7 Å². The van der Waals surface area contributed by atoms with Crippen LogP contribution in [0.1, 0.15) is 5.56 Å². The summed E-state index contributed by atoms with van der Waals surface area (Å²) in [7, 11) is 2.94. The van der Waals surface area contributed by atoms with Gasteiger partial charge in [-0.15, -0.1) is 0 Å². The predicted molar refractivity (Wildman–Crippen MR) is 86.5 cm³/mol. The maximum atomic E-state index is 13.2. The predicted octanol–water partition coefficient (Wildman–Crippen LogP) is 4.10. The number of nitrogens with one attached hydrogen (secondary N) is 1. The van der Waals surface area contributed by atoms with E-state index in [1.54, 1.807) is 19.2 Å². The van der Waals surface area contributed by atoms with Gasteiger partial charge in [-0.25, -0.2) is 9.18 Å². The van der Waals surface area contributed by atoms with E-state index >= 15 is 0 Å². The Labute approximate surface area is 143 Å². The van der Waals surface area contributed by atoms with Crippen LogP contribution in [0.2, 0.25) is 0 Å². The summed E-state index contributed by atoms with van der Waals surface area (Å²) in [6, 6.07) is 9.30. The number of hydrogen-bond acceptors (Lipinski definition) is 3. The average Bonchev–Trinajstić information content (AvgIpc) is 2.57. The lowest BCUT2D eigenvalue weighted by Gasteiger charge is -2.19. The molecule has 0 fully saturated rings. The van der Waals surface area contributed by atoms with Crippen LogP contribution in [0.15, 0.2) is 42.5 Å². The monoisotopic (exact) mass is 354 g/mol. The number of amides is 2. The molecule has 134 valence electrons. The van der Waals surface area contributed by atoms with Crippen LogP contribution >= 0.6 is 0 Å². The largest absolute Gasteiger partial charge is 0.494 e. The zero-order chi connectivity index (χ0) is 18.4. The summed E-state index contributed by atoms with van der Waals surface area (Å²) in [5.74, 6) is -0.230. The molecule has 2 aromatic rings. The van der Waals surface area contributed by atoms with E-state index < -0.39 is 18.5 Å². The number of urea groups is 1. The molecular weight excluding hydrogens is 337 g/mol. The molecule has 0 saturated carbocycles. The van der Waals surface area contributed by atoms with Crippen LogP contribution in [-0.4, -0.2) is 31.7 Å². The van der Waals surface area contributed by atoms with Crippen molar-refractivity contribution in [1.29, 1.82) is 0 Å². The first-order valence-electron chi connectivity index (χ1n) is 7.28. The molecule has 0 aliphatic carbocycles. The first-order chi connectivity index (χ1) is 11.9. The number of methoxy groups -OCH3 is 1. The molecule has 25 heavy (non-hydrogen) atoms. The van der Waals surface area contributed by atoms with Gasteiger partial charge < -0.3 is 19.7 Å². The van der Waals surface area contributed by atoms with E-state index in [9.17, 15) is 18.0 Å². The zero-order valence-corrected chi connectivity index (χ0v) is 13.6. The summed E-state index contributed by atoms with van der Waals surface area (Å²) in [4.78, 5) is 13.6. The molecule has 2 amide bonds. The van der Waals surface area contributed by atoms with Gasteiger partial charge in [0.2, 0.25) is 0 Å². The van der Waals surface area contributed by atoms with Crippen molar-refractivity contribution in [1.82, 2.24) is 4.90 Å². The van der Waals surface area contributed by atoms with E-state index in [0.29, 0.717) is 5.69 Å². The number of ether oxygens (including phenoxy) is 2. The smallest absolute Gasteiger partial charge is 0.387 e. The molecule has 5 nitrogen and oxygen atoms in total. The van der Waals surface area contributed by atoms with E-state index in [1.807, 2.05) is 0 Å². The highest BCUT2D eigenvalue weighted by Gasteiger charge is 2.13. The highest BCUT2D eigenvalue weighted by Crippen LogP contribution is 2.25. The second kappa shape index (κ2) is 8.27. The number of carbonyl (C=O) groups is 1. The molecule has 0 radical (unpaired) electrons. The second-order valence-corrected chi connectivity index (χ2v) is 5.15. The van der Waals surface area contributed by atoms with Crippen LogP contribution in [0.25, 0.3) is 0 Å². The van der Waals surface area contributed by atoms with Gasteiger partial charge in [0.25, 0.3) is 0 Å². The minimum atomic E-state index is -2.88. The average molecular weight is 354 g/mol. The van der Waals surface area contributed by atoms with E-state index in [1.165, 1.54) is 36.3 Å². The van der Waals surface area contributed by atoms with Crippen molar-refractivity contribution in [3.8, 4) is 11.5 Å². The lowest BCUT2D eigenvalue weighted by atomic mass is 10.2. The Morgan fingerprint density at radius 3 is 2.48 bits per heavy atom. The first kappa shape index (κ1) is 18.4. The highest BCUT2D eigenvalue weighted by molar-refractivity contribution is 5.90. The van der Waals surface area contributed by atoms with Crippen molar-refractivity contribution in [2.75, 3.05) is 19.5 Å². The minimum Gasteiger partial charge on any atom is -0.494 e. The molecule has 2 rings (SSSR count). The van der Waals surface area contributed by atoms with Crippen LogP contribution in [0.5, 0.6) is 11.5 Å². The molecular formula is C17H17F3N2O3. The Morgan fingerprint density at radius 2 is 1.88 bits per heavy atom. The third-order valence-corrected chi connectivity index (χ3v) is 3.32. The number of carbonyl (C=O) groups excluding carboxylic acids is 1. The van der Waals surface area contributed by atoms with Gasteiger partial charge >= 0.3 is 12.6 Å². The molecule has 0 atom stereocenters. The van der Waals surface area contributed by atoms with Crippen LogP contribution in [-0.2, 0) is 6.54 Å². The number of alkyl halides is 2. The molecule has 0 aliphatic heterocycles. The third kappa shape index (κ3) is 5.30. The van der Waals surface area contributed by atoms with Gasteiger partial charge in [0.1, 0.15) is 17.3 Å². The number of halogens is 3. The third-order valence-electron chi connectivity index (χ3n) is 3.32. The molecule has 0 aromatic heterocycles. The van der Waals surface area contributed by atoms with Crippen LogP contribution < -0.4 is 14.8 Å². The molecule has 0 aliphatic rings. The zero-order valence-electron chi connectivity index (χ0n) is 13.6. The SMILES string of the molecule is COc1cc(F)ccc1NC(=O)N(C)Cc1ccc(OC(F)F)cc1. The highest BCUT2D eigenvalue weighted by atomic mass is 19.3. The number of hydrogen-bond donors (Lipinski definition) is 1. The fourth-order valence-electron chi connectivity index (χ4n) is 2.10. The molecule has 0 unspecified atom stereocenters. The summed E-state index contributed by atoms with van der Waals surface area (Å²) in [6.45, 7) is -2.64. The lowest BCUT2D eigenvalue weighted by molar-refractivity contribution is -0.0498. The molecule has 0 bridgehead atoms. The van der Waals surface area contributed by atoms with E-state index in [0.717, 1.165) is 11.6 Å². The van der Waals surface area contributed by atoms with Crippen molar-refractivity contribution < 1.29 is 27.4 Å². The summed E-state index contributed by atoms with van der Waals surface area (Å²) >= 11 is 0. The lowest BCUT2D eigenvalue weighted by Crippen LogP contribution is -2.31. The van der Waals surface area contributed by atoms with E-state index in [-0.39, 0.29) is 18.0 Å². The normalized spacial score (nSPS) is 10.5. The van der Waals surface area contributed by atoms with Crippen LogP contribution in [0.3, 0.4) is 0 Å². The number of nitrogens with zero attached hydrogens (tertiary/aromatic N) is 1. The molecule has 1 N–H and O–H groups in total. The Kier molecular flexibility index (Phi) is 6.10. The minimum absolute atomic E-state index is 0.0434. The standard InChI is InChI=1S/C17H17F3N2O3/c1-22(10-11-3-6-13(7-4-11)25-16(19)20)17(23)21-14-8-5-12(18)9-15(14)24-2/h3-9,16H,10H2,1-2H3,(H,21,23). The maximum absolute atomic E-state index is 13.2. The van der Waals surface area contributed by atoms with Crippen LogP contribution in [0, 0.1) is 5.82 Å². The van der Waals surface area contributed by atoms with Crippen molar-refractivity contribution in [2.24, 2.45) is 0 Å². The first-order valence-corrected chi connectivity index (χ1v) is 7.28. The van der Waals surface area contributed by atoms with Crippen molar-refractivity contribution in [2.45, 2.75) is 13.2 Å². The Morgan fingerprint density at radius 1 is 1.20 bits per heavy atom.